The second-order valence-corrected chi connectivity index (χ2v) is 9.78. The number of thiazole rings is 1. The highest BCUT2D eigenvalue weighted by atomic mass is 32.2. The molecule has 0 fully saturated rings. The fourth-order valence-electron chi connectivity index (χ4n) is 3.26. The van der Waals surface area contributed by atoms with Gasteiger partial charge in [0, 0.05) is 36.0 Å². The van der Waals surface area contributed by atoms with Crippen LogP contribution in [0.5, 0.6) is 0 Å². The number of amides is 1. The molecule has 1 aromatic carbocycles. The summed E-state index contributed by atoms with van der Waals surface area (Å²) in [5.41, 5.74) is 1.86. The Bertz CT molecular complexity index is 1320. The van der Waals surface area contributed by atoms with Crippen molar-refractivity contribution in [2.45, 2.75) is 31.3 Å². The molecule has 1 amide bonds. The van der Waals surface area contributed by atoms with Gasteiger partial charge < -0.3 is 0 Å². The molecular formula is C23H22N4O2S3. The maximum atomic E-state index is 13.2. The Morgan fingerprint density at radius 2 is 2.06 bits per heavy atom. The predicted molar refractivity (Wildman–Crippen MR) is 135 cm³/mol. The third kappa shape index (κ3) is 4.55. The van der Waals surface area contributed by atoms with Crippen LogP contribution in [0.15, 0.2) is 64.4 Å². The van der Waals surface area contributed by atoms with Crippen LogP contribution in [0.25, 0.3) is 20.7 Å². The van der Waals surface area contributed by atoms with Crippen LogP contribution in [-0.4, -0.2) is 27.0 Å². The van der Waals surface area contributed by atoms with Crippen LogP contribution < -0.4 is 10.5 Å². The molecule has 0 aliphatic heterocycles. The molecule has 164 valence electrons. The number of carbonyl (C=O) groups is 1. The van der Waals surface area contributed by atoms with Crippen molar-refractivity contribution in [2.75, 3.05) is 11.4 Å². The molecule has 0 atom stereocenters. The van der Waals surface area contributed by atoms with Gasteiger partial charge in [-0.2, -0.15) is 0 Å². The average Bonchev–Trinajstić information content (AvgIpc) is 3.43. The van der Waals surface area contributed by atoms with E-state index in [-0.39, 0.29) is 11.5 Å². The van der Waals surface area contributed by atoms with Crippen LogP contribution in [0.3, 0.4) is 0 Å². The monoisotopic (exact) mass is 482 g/mol. The topological polar surface area (TPSA) is 68.1 Å². The van der Waals surface area contributed by atoms with Crippen LogP contribution in [-0.2, 0) is 17.1 Å². The van der Waals surface area contributed by atoms with Crippen molar-refractivity contribution in [1.82, 2.24) is 14.5 Å². The van der Waals surface area contributed by atoms with Gasteiger partial charge in [-0.3, -0.25) is 19.1 Å². The Hall–Kier alpha value is -2.75. The molecule has 0 radical (unpaired) electrons. The van der Waals surface area contributed by atoms with Gasteiger partial charge in [0.25, 0.3) is 5.56 Å². The van der Waals surface area contributed by atoms with Gasteiger partial charge in [0.1, 0.15) is 4.83 Å². The van der Waals surface area contributed by atoms with E-state index in [4.69, 9.17) is 4.98 Å². The number of benzene rings is 1. The minimum atomic E-state index is -0.0662. The molecule has 32 heavy (non-hydrogen) atoms. The van der Waals surface area contributed by atoms with Crippen molar-refractivity contribution in [3.8, 4) is 10.4 Å². The van der Waals surface area contributed by atoms with Crippen molar-refractivity contribution < 1.29 is 4.79 Å². The van der Waals surface area contributed by atoms with E-state index in [9.17, 15) is 9.59 Å². The van der Waals surface area contributed by atoms with Crippen LogP contribution in [0.1, 0.15) is 19.5 Å². The standard InChI is InChI=1S/C23H22N4O2S3/c1-4-11-27-21(29)18-12-19(16-9-7-6-8-10-16)32-20(18)25-23(27)31-14-17-13-30-22(24-17)26(5-2)15(3)28/h4,6-10,12-13H,1,5,11,14H2,2-3H3. The van der Waals surface area contributed by atoms with Gasteiger partial charge in [-0.05, 0) is 18.6 Å². The third-order valence-electron chi connectivity index (χ3n) is 4.80. The van der Waals surface area contributed by atoms with Gasteiger partial charge in [0.05, 0.1) is 11.1 Å². The van der Waals surface area contributed by atoms with E-state index in [0.29, 0.717) is 34.5 Å². The zero-order valence-corrected chi connectivity index (χ0v) is 20.2. The molecule has 0 saturated heterocycles. The van der Waals surface area contributed by atoms with Gasteiger partial charge in [-0.15, -0.1) is 29.3 Å². The van der Waals surface area contributed by atoms with E-state index in [1.807, 2.05) is 48.7 Å². The van der Waals surface area contributed by atoms with E-state index in [2.05, 4.69) is 11.6 Å². The molecule has 0 spiro atoms. The number of thiophene rings is 1. The summed E-state index contributed by atoms with van der Waals surface area (Å²) in [6.45, 7) is 8.22. The van der Waals surface area contributed by atoms with Crippen molar-refractivity contribution in [3.05, 3.63) is 70.5 Å². The second kappa shape index (κ2) is 9.81. The van der Waals surface area contributed by atoms with Crippen molar-refractivity contribution in [3.63, 3.8) is 0 Å². The van der Waals surface area contributed by atoms with Gasteiger partial charge in [0.15, 0.2) is 10.3 Å². The summed E-state index contributed by atoms with van der Waals surface area (Å²) >= 11 is 4.43. The summed E-state index contributed by atoms with van der Waals surface area (Å²) in [6, 6.07) is 11.9. The molecule has 0 bridgehead atoms. The van der Waals surface area contributed by atoms with Crippen LogP contribution in [0.4, 0.5) is 5.13 Å². The summed E-state index contributed by atoms with van der Waals surface area (Å²) in [5.74, 6) is 0.526. The average molecular weight is 483 g/mol. The molecule has 0 aliphatic rings. The number of anilines is 1. The lowest BCUT2D eigenvalue weighted by atomic mass is 10.2. The third-order valence-corrected chi connectivity index (χ3v) is 7.80. The van der Waals surface area contributed by atoms with E-state index >= 15 is 0 Å². The number of hydrogen-bond donors (Lipinski definition) is 0. The molecule has 4 rings (SSSR count). The Morgan fingerprint density at radius 1 is 1.28 bits per heavy atom. The van der Waals surface area contributed by atoms with Crippen LogP contribution in [0.2, 0.25) is 0 Å². The van der Waals surface area contributed by atoms with Crippen molar-refractivity contribution >= 4 is 55.7 Å². The Morgan fingerprint density at radius 3 is 2.75 bits per heavy atom. The molecule has 4 aromatic rings. The lowest BCUT2D eigenvalue weighted by Gasteiger charge is -2.14. The van der Waals surface area contributed by atoms with Crippen LogP contribution >= 0.6 is 34.4 Å². The molecule has 6 nitrogen and oxygen atoms in total. The highest BCUT2D eigenvalue weighted by Gasteiger charge is 2.17. The number of carbonyl (C=O) groups excluding carboxylic acids is 1. The molecular weight excluding hydrogens is 460 g/mol. The number of nitrogens with zero attached hydrogens (tertiary/aromatic N) is 4. The first-order valence-corrected chi connectivity index (χ1v) is 12.8. The normalized spacial score (nSPS) is 11.1. The molecule has 9 heteroatoms. The van der Waals surface area contributed by atoms with Crippen molar-refractivity contribution in [2.24, 2.45) is 0 Å². The summed E-state index contributed by atoms with van der Waals surface area (Å²) in [4.78, 5) is 37.8. The molecule has 0 unspecified atom stereocenters. The predicted octanol–water partition coefficient (Wildman–Crippen LogP) is 5.43. The van der Waals surface area contributed by atoms with Crippen LogP contribution in [0, 0.1) is 0 Å². The Balaban J connectivity index is 1.65. The summed E-state index contributed by atoms with van der Waals surface area (Å²) < 4.78 is 1.66. The molecule has 0 saturated carbocycles. The SMILES string of the molecule is C=CCn1c(SCc2csc(N(CC)C(C)=O)n2)nc2sc(-c3ccccc3)cc2c1=O. The molecule has 0 aliphatic carbocycles. The zero-order valence-electron chi connectivity index (χ0n) is 17.8. The van der Waals surface area contributed by atoms with Gasteiger partial charge in [0.2, 0.25) is 5.91 Å². The summed E-state index contributed by atoms with van der Waals surface area (Å²) in [6.07, 6.45) is 1.70. The maximum absolute atomic E-state index is 13.2. The largest absolute Gasteiger partial charge is 0.289 e. The maximum Gasteiger partial charge on any atom is 0.263 e. The fourth-order valence-corrected chi connectivity index (χ4v) is 6.28. The first kappa shape index (κ1) is 22.4. The molecule has 3 aromatic heterocycles. The number of rotatable bonds is 8. The lowest BCUT2D eigenvalue weighted by Crippen LogP contribution is -2.27. The zero-order chi connectivity index (χ0) is 22.7. The second-order valence-electron chi connectivity index (χ2n) is 6.97. The fraction of sp³-hybridized carbons (Fsp3) is 0.217. The highest BCUT2D eigenvalue weighted by Crippen LogP contribution is 2.33. The van der Waals surface area contributed by atoms with E-state index in [1.54, 1.807) is 15.5 Å². The number of aromatic nitrogens is 3. The molecule has 0 N–H and O–H groups in total. The first-order valence-electron chi connectivity index (χ1n) is 10.1. The first-order chi connectivity index (χ1) is 15.5. The van der Waals surface area contributed by atoms with E-state index in [1.165, 1.54) is 41.4 Å². The number of hydrogen-bond acceptors (Lipinski definition) is 7. The quantitative estimate of drug-likeness (QED) is 0.190. The number of fused-ring (bicyclic) bond motifs is 1. The molecule has 3 heterocycles. The minimum absolute atomic E-state index is 0.0279. The number of allylic oxidation sites excluding steroid dienone is 1. The van der Waals surface area contributed by atoms with Gasteiger partial charge in [-0.1, -0.05) is 48.2 Å². The van der Waals surface area contributed by atoms with E-state index in [0.717, 1.165) is 21.0 Å². The summed E-state index contributed by atoms with van der Waals surface area (Å²) in [5, 5.41) is 3.89. The Kier molecular flexibility index (Phi) is 6.88. The van der Waals surface area contributed by atoms with Gasteiger partial charge >= 0.3 is 0 Å². The smallest absolute Gasteiger partial charge is 0.263 e. The van der Waals surface area contributed by atoms with E-state index < -0.39 is 0 Å². The Labute approximate surface area is 198 Å². The highest BCUT2D eigenvalue weighted by molar-refractivity contribution is 7.98. The van der Waals surface area contributed by atoms with Gasteiger partial charge in [-0.25, -0.2) is 9.97 Å². The van der Waals surface area contributed by atoms with Crippen molar-refractivity contribution in [1.29, 1.82) is 0 Å². The number of thioether (sulfide) groups is 1. The lowest BCUT2D eigenvalue weighted by molar-refractivity contribution is -0.116. The minimum Gasteiger partial charge on any atom is -0.289 e. The summed E-state index contributed by atoms with van der Waals surface area (Å²) in [7, 11) is 0.